The first-order valence-electron chi connectivity index (χ1n) is 9.34. The van der Waals surface area contributed by atoms with Gasteiger partial charge in [0.25, 0.3) is 11.1 Å². The third kappa shape index (κ3) is 4.22. The van der Waals surface area contributed by atoms with Gasteiger partial charge in [0.2, 0.25) is 5.91 Å². The lowest BCUT2D eigenvalue weighted by Crippen LogP contribution is -2.38. The van der Waals surface area contributed by atoms with Crippen molar-refractivity contribution in [1.82, 2.24) is 15.1 Å². The van der Waals surface area contributed by atoms with Crippen LogP contribution in [0.3, 0.4) is 0 Å². The molecule has 0 unspecified atom stereocenters. The van der Waals surface area contributed by atoms with Crippen LogP contribution in [0.25, 0.3) is 10.8 Å². The molecule has 0 bridgehead atoms. The molecule has 28 heavy (non-hydrogen) atoms. The summed E-state index contributed by atoms with van der Waals surface area (Å²) in [6, 6.07) is 14.9. The van der Waals surface area contributed by atoms with Crippen LogP contribution in [0.2, 0.25) is 0 Å². The predicted octanol–water partition coefficient (Wildman–Crippen LogP) is 2.48. The van der Waals surface area contributed by atoms with E-state index in [1.165, 1.54) is 10.2 Å². The molecule has 1 heterocycles. The van der Waals surface area contributed by atoms with Crippen LogP contribution in [0.1, 0.15) is 31.4 Å². The molecule has 0 aliphatic carbocycles. The monoisotopic (exact) mass is 379 g/mol. The minimum absolute atomic E-state index is 0.109. The van der Waals surface area contributed by atoms with E-state index in [1.807, 2.05) is 19.1 Å². The number of fused-ring (bicyclic) bond motifs is 1. The van der Waals surface area contributed by atoms with E-state index in [1.54, 1.807) is 24.3 Å². The molecule has 0 atom stereocenters. The van der Waals surface area contributed by atoms with E-state index in [-0.39, 0.29) is 35.4 Å². The van der Waals surface area contributed by atoms with E-state index in [0.29, 0.717) is 17.3 Å². The molecule has 2 aromatic carbocycles. The van der Waals surface area contributed by atoms with Crippen molar-refractivity contribution in [2.45, 2.75) is 39.2 Å². The van der Waals surface area contributed by atoms with Crippen molar-refractivity contribution in [1.29, 1.82) is 0 Å². The van der Waals surface area contributed by atoms with Crippen LogP contribution in [0.5, 0.6) is 0 Å². The number of hydrogen-bond donors (Lipinski definition) is 2. The first-order chi connectivity index (χ1) is 13.3. The summed E-state index contributed by atoms with van der Waals surface area (Å²) in [7, 11) is 0. The highest BCUT2D eigenvalue weighted by Gasteiger charge is 2.21. The van der Waals surface area contributed by atoms with E-state index in [0.717, 1.165) is 5.56 Å². The van der Waals surface area contributed by atoms with Gasteiger partial charge >= 0.3 is 0 Å². The number of nitrogens with one attached hydrogen (secondary N) is 2. The van der Waals surface area contributed by atoms with Gasteiger partial charge in [0, 0.05) is 18.4 Å². The molecule has 6 nitrogen and oxygen atoms in total. The number of carbonyl (C=O) groups is 1. The molecule has 1 aromatic heterocycles. The third-order valence-electron chi connectivity index (χ3n) is 4.97. The highest BCUT2D eigenvalue weighted by Crippen LogP contribution is 2.23. The van der Waals surface area contributed by atoms with Gasteiger partial charge in [-0.05, 0) is 24.6 Å². The second kappa shape index (κ2) is 7.84. The molecular formula is C22H25N3O3. The van der Waals surface area contributed by atoms with Crippen molar-refractivity contribution in [3.05, 3.63) is 80.4 Å². The Morgan fingerprint density at radius 3 is 2.50 bits per heavy atom. The van der Waals surface area contributed by atoms with Crippen LogP contribution >= 0.6 is 0 Å². The summed E-state index contributed by atoms with van der Waals surface area (Å²) in [4.78, 5) is 36.9. The number of rotatable bonds is 6. The van der Waals surface area contributed by atoms with E-state index in [4.69, 9.17) is 0 Å². The SMILES string of the molecule is Cc1cccc(C(C)(C)CNC(=O)CCn2[nH]c(=O)c3ccccc3c2=O)c1. The smallest absolute Gasteiger partial charge is 0.273 e. The number of nitrogens with zero attached hydrogens (tertiary/aromatic N) is 1. The largest absolute Gasteiger partial charge is 0.355 e. The average Bonchev–Trinajstić information content (AvgIpc) is 2.68. The second-order valence-electron chi connectivity index (χ2n) is 7.72. The Kier molecular flexibility index (Phi) is 5.49. The molecule has 6 heteroatoms. The number of aromatic amines is 1. The van der Waals surface area contributed by atoms with Gasteiger partial charge < -0.3 is 5.32 Å². The molecule has 1 amide bonds. The Labute approximate surface area is 163 Å². The van der Waals surface area contributed by atoms with Crippen molar-refractivity contribution in [2.75, 3.05) is 6.54 Å². The molecule has 0 saturated carbocycles. The van der Waals surface area contributed by atoms with Crippen molar-refractivity contribution < 1.29 is 4.79 Å². The van der Waals surface area contributed by atoms with Crippen molar-refractivity contribution in [2.24, 2.45) is 0 Å². The molecule has 0 saturated heterocycles. The number of aryl methyl sites for hydroxylation is 2. The van der Waals surface area contributed by atoms with Crippen LogP contribution in [-0.4, -0.2) is 22.2 Å². The minimum Gasteiger partial charge on any atom is -0.355 e. The summed E-state index contributed by atoms with van der Waals surface area (Å²) in [5, 5.41) is 6.19. The molecule has 0 radical (unpaired) electrons. The minimum atomic E-state index is -0.337. The average molecular weight is 379 g/mol. The molecule has 2 N–H and O–H groups in total. The van der Waals surface area contributed by atoms with Crippen molar-refractivity contribution >= 4 is 16.7 Å². The maximum atomic E-state index is 12.5. The number of aromatic nitrogens is 2. The van der Waals surface area contributed by atoms with Gasteiger partial charge in [-0.3, -0.25) is 19.5 Å². The van der Waals surface area contributed by atoms with E-state index in [9.17, 15) is 14.4 Å². The number of H-pyrrole nitrogens is 1. The summed E-state index contributed by atoms with van der Waals surface area (Å²) < 4.78 is 1.20. The van der Waals surface area contributed by atoms with Gasteiger partial charge in [-0.1, -0.05) is 55.8 Å². The summed E-state index contributed by atoms with van der Waals surface area (Å²) in [6.07, 6.45) is 0.109. The van der Waals surface area contributed by atoms with Gasteiger partial charge in [-0.25, -0.2) is 4.68 Å². The molecule has 0 aliphatic rings. The Bertz CT molecular complexity index is 1130. The molecule has 0 spiro atoms. The van der Waals surface area contributed by atoms with Crippen LogP contribution in [-0.2, 0) is 16.8 Å². The molecule has 0 fully saturated rings. The fraction of sp³-hybridized carbons (Fsp3) is 0.318. The Hall–Kier alpha value is -3.15. The molecule has 146 valence electrons. The van der Waals surface area contributed by atoms with Gasteiger partial charge in [0.15, 0.2) is 0 Å². The molecule has 0 aliphatic heterocycles. The standard InChI is InChI=1S/C22H25N3O3/c1-15-7-6-8-16(13-15)22(2,3)14-23-19(26)11-12-25-21(28)18-10-5-4-9-17(18)20(27)24-25/h4-10,13H,11-12,14H2,1-3H3,(H,23,26)(H,24,27). The van der Waals surface area contributed by atoms with Gasteiger partial charge in [0.1, 0.15) is 0 Å². The van der Waals surface area contributed by atoms with Crippen LogP contribution in [0.15, 0.2) is 58.1 Å². The highest BCUT2D eigenvalue weighted by molar-refractivity contribution is 5.80. The quantitative estimate of drug-likeness (QED) is 0.690. The number of carbonyl (C=O) groups excluding carboxylic acids is 1. The molecule has 3 rings (SSSR count). The lowest BCUT2D eigenvalue weighted by Gasteiger charge is -2.26. The lowest BCUT2D eigenvalue weighted by atomic mass is 9.84. The zero-order valence-electron chi connectivity index (χ0n) is 16.4. The highest BCUT2D eigenvalue weighted by atomic mass is 16.2. The van der Waals surface area contributed by atoms with Crippen molar-refractivity contribution in [3.8, 4) is 0 Å². The fourth-order valence-corrected chi connectivity index (χ4v) is 3.19. The first-order valence-corrected chi connectivity index (χ1v) is 9.34. The van der Waals surface area contributed by atoms with Gasteiger partial charge in [-0.2, -0.15) is 0 Å². The van der Waals surface area contributed by atoms with E-state index >= 15 is 0 Å². The second-order valence-corrected chi connectivity index (χ2v) is 7.72. The zero-order chi connectivity index (χ0) is 20.3. The first kappa shape index (κ1) is 19.6. The normalized spacial score (nSPS) is 11.5. The van der Waals surface area contributed by atoms with E-state index < -0.39 is 0 Å². The summed E-state index contributed by atoms with van der Waals surface area (Å²) >= 11 is 0. The Morgan fingerprint density at radius 1 is 1.07 bits per heavy atom. The topological polar surface area (TPSA) is 84.0 Å². The Balaban J connectivity index is 1.65. The van der Waals surface area contributed by atoms with Crippen LogP contribution in [0, 0.1) is 6.92 Å². The number of amides is 1. The molecule has 3 aromatic rings. The van der Waals surface area contributed by atoms with Crippen LogP contribution < -0.4 is 16.4 Å². The van der Waals surface area contributed by atoms with Gasteiger partial charge in [-0.15, -0.1) is 0 Å². The summed E-state index contributed by atoms with van der Waals surface area (Å²) in [6.45, 7) is 6.80. The van der Waals surface area contributed by atoms with Crippen molar-refractivity contribution in [3.63, 3.8) is 0 Å². The molecular weight excluding hydrogens is 354 g/mol. The Morgan fingerprint density at radius 2 is 1.79 bits per heavy atom. The number of benzene rings is 2. The van der Waals surface area contributed by atoms with Crippen LogP contribution in [0.4, 0.5) is 0 Å². The fourth-order valence-electron chi connectivity index (χ4n) is 3.19. The zero-order valence-corrected chi connectivity index (χ0v) is 16.4. The maximum absolute atomic E-state index is 12.5. The van der Waals surface area contributed by atoms with E-state index in [2.05, 4.69) is 36.4 Å². The summed E-state index contributed by atoms with van der Waals surface area (Å²) in [5.74, 6) is -0.165. The van der Waals surface area contributed by atoms with Gasteiger partial charge in [0.05, 0.1) is 17.3 Å². The number of hydrogen-bond acceptors (Lipinski definition) is 3. The lowest BCUT2D eigenvalue weighted by molar-refractivity contribution is -0.121. The maximum Gasteiger partial charge on any atom is 0.273 e. The third-order valence-corrected chi connectivity index (χ3v) is 4.97. The predicted molar refractivity (Wildman–Crippen MR) is 111 cm³/mol. The summed E-state index contributed by atoms with van der Waals surface area (Å²) in [5.41, 5.74) is 1.48.